The number of hydrogen-bond donors (Lipinski definition) is 0. The highest BCUT2D eigenvalue weighted by atomic mass is 16.5. The number of hydrogen-bond acceptors (Lipinski definition) is 4. The highest BCUT2D eigenvalue weighted by molar-refractivity contribution is 5.60. The van der Waals surface area contributed by atoms with Crippen molar-refractivity contribution in [1.29, 1.82) is 0 Å². The highest BCUT2D eigenvalue weighted by Gasteiger charge is 2.29. The van der Waals surface area contributed by atoms with E-state index < -0.39 is 0 Å². The molecule has 0 spiro atoms. The molecule has 5 heteroatoms. The number of benzene rings is 2. The second kappa shape index (κ2) is 7.76. The van der Waals surface area contributed by atoms with Crippen LogP contribution in [0.1, 0.15) is 18.7 Å². The van der Waals surface area contributed by atoms with E-state index >= 15 is 0 Å². The zero-order valence-corrected chi connectivity index (χ0v) is 15.7. The van der Waals surface area contributed by atoms with E-state index in [9.17, 15) is 0 Å². The van der Waals surface area contributed by atoms with Crippen LogP contribution in [-0.2, 0) is 4.74 Å². The summed E-state index contributed by atoms with van der Waals surface area (Å²) in [5, 5.41) is 0. The summed E-state index contributed by atoms with van der Waals surface area (Å²) >= 11 is 0. The van der Waals surface area contributed by atoms with Crippen LogP contribution in [0.15, 0.2) is 67.0 Å². The van der Waals surface area contributed by atoms with Crippen LogP contribution in [0.25, 0.3) is 5.69 Å². The van der Waals surface area contributed by atoms with Crippen molar-refractivity contribution in [1.82, 2.24) is 4.57 Å². The summed E-state index contributed by atoms with van der Waals surface area (Å²) < 4.78 is 19.5. The molecule has 2 aromatic carbocycles. The molecule has 0 aliphatic carbocycles. The Morgan fingerprint density at radius 3 is 2.52 bits per heavy atom. The number of para-hydroxylation sites is 4. The van der Waals surface area contributed by atoms with E-state index in [2.05, 4.69) is 40.1 Å². The SMILES string of the molecule is CCOc1ccccc1-n1ccc([C@@H]2OCCN2c2ccccc2OC)c1. The largest absolute Gasteiger partial charge is 0.495 e. The Hall–Kier alpha value is -2.92. The van der Waals surface area contributed by atoms with Crippen LogP contribution < -0.4 is 14.4 Å². The lowest BCUT2D eigenvalue weighted by Gasteiger charge is -2.26. The first-order chi connectivity index (χ1) is 13.3. The predicted molar refractivity (Wildman–Crippen MR) is 106 cm³/mol. The third kappa shape index (κ3) is 3.38. The Labute approximate surface area is 159 Å². The molecule has 140 valence electrons. The molecule has 0 N–H and O–H groups in total. The van der Waals surface area contributed by atoms with E-state index in [-0.39, 0.29) is 6.23 Å². The minimum Gasteiger partial charge on any atom is -0.495 e. The molecule has 1 aromatic heterocycles. The first-order valence-corrected chi connectivity index (χ1v) is 9.23. The number of ether oxygens (including phenoxy) is 3. The van der Waals surface area contributed by atoms with Crippen molar-refractivity contribution >= 4 is 5.69 Å². The van der Waals surface area contributed by atoms with Crippen molar-refractivity contribution < 1.29 is 14.2 Å². The van der Waals surface area contributed by atoms with Crippen molar-refractivity contribution in [3.63, 3.8) is 0 Å². The van der Waals surface area contributed by atoms with Gasteiger partial charge in [-0.1, -0.05) is 24.3 Å². The van der Waals surface area contributed by atoms with Crippen molar-refractivity contribution in [3.05, 3.63) is 72.6 Å². The predicted octanol–water partition coefficient (Wildman–Crippen LogP) is 4.42. The average molecular weight is 364 g/mol. The normalized spacial score (nSPS) is 16.5. The van der Waals surface area contributed by atoms with Crippen LogP contribution in [0.2, 0.25) is 0 Å². The minimum absolute atomic E-state index is 0.137. The van der Waals surface area contributed by atoms with E-state index in [1.807, 2.05) is 43.3 Å². The van der Waals surface area contributed by atoms with Crippen LogP contribution in [0, 0.1) is 0 Å². The van der Waals surface area contributed by atoms with Gasteiger partial charge < -0.3 is 23.7 Å². The van der Waals surface area contributed by atoms with Gasteiger partial charge >= 0.3 is 0 Å². The zero-order valence-electron chi connectivity index (χ0n) is 15.7. The van der Waals surface area contributed by atoms with Gasteiger partial charge in [0, 0.05) is 24.5 Å². The molecule has 1 fully saturated rings. The third-order valence-corrected chi connectivity index (χ3v) is 4.73. The van der Waals surface area contributed by atoms with E-state index in [0.29, 0.717) is 13.2 Å². The van der Waals surface area contributed by atoms with Crippen LogP contribution in [-0.4, -0.2) is 31.4 Å². The fraction of sp³-hybridized carbons (Fsp3) is 0.273. The molecule has 1 saturated heterocycles. The van der Waals surface area contributed by atoms with Crippen molar-refractivity contribution in [2.24, 2.45) is 0 Å². The first-order valence-electron chi connectivity index (χ1n) is 9.23. The zero-order chi connectivity index (χ0) is 18.6. The maximum absolute atomic E-state index is 6.06. The fourth-order valence-corrected chi connectivity index (χ4v) is 3.52. The van der Waals surface area contributed by atoms with Gasteiger partial charge in [-0.2, -0.15) is 0 Å². The molecular formula is C22H24N2O3. The molecule has 4 rings (SSSR count). The highest BCUT2D eigenvalue weighted by Crippen LogP contribution is 2.38. The molecule has 1 atom stereocenters. The van der Waals surface area contributed by atoms with Gasteiger partial charge in [-0.3, -0.25) is 0 Å². The molecule has 1 aliphatic rings. The van der Waals surface area contributed by atoms with Gasteiger partial charge in [-0.25, -0.2) is 0 Å². The summed E-state index contributed by atoms with van der Waals surface area (Å²) in [5.41, 5.74) is 3.17. The lowest BCUT2D eigenvalue weighted by molar-refractivity contribution is 0.113. The summed E-state index contributed by atoms with van der Waals surface area (Å²) in [7, 11) is 1.70. The number of nitrogens with zero attached hydrogens (tertiary/aromatic N) is 2. The van der Waals surface area contributed by atoms with Gasteiger partial charge in [0.1, 0.15) is 11.5 Å². The average Bonchev–Trinajstić information content (AvgIpc) is 3.38. The van der Waals surface area contributed by atoms with Crippen LogP contribution in [0.4, 0.5) is 5.69 Å². The maximum Gasteiger partial charge on any atom is 0.158 e. The second-order valence-electron chi connectivity index (χ2n) is 6.34. The second-order valence-corrected chi connectivity index (χ2v) is 6.34. The van der Waals surface area contributed by atoms with Crippen molar-refractivity contribution in [2.75, 3.05) is 31.8 Å². The monoisotopic (exact) mass is 364 g/mol. The molecule has 1 aliphatic heterocycles. The van der Waals surface area contributed by atoms with Gasteiger partial charge in [-0.15, -0.1) is 0 Å². The van der Waals surface area contributed by atoms with Gasteiger partial charge in [0.05, 0.1) is 31.7 Å². The topological polar surface area (TPSA) is 35.9 Å². The summed E-state index contributed by atoms with van der Waals surface area (Å²) in [5.74, 6) is 1.73. The van der Waals surface area contributed by atoms with E-state index in [1.54, 1.807) is 7.11 Å². The minimum atomic E-state index is -0.137. The van der Waals surface area contributed by atoms with Gasteiger partial charge in [0.25, 0.3) is 0 Å². The number of rotatable bonds is 6. The molecule has 27 heavy (non-hydrogen) atoms. The van der Waals surface area contributed by atoms with E-state index in [4.69, 9.17) is 14.2 Å². The molecule has 0 bridgehead atoms. The summed E-state index contributed by atoms with van der Waals surface area (Å²) in [6, 6.07) is 18.2. The molecule has 2 heterocycles. The Balaban J connectivity index is 1.65. The Kier molecular flexibility index (Phi) is 5.03. The molecule has 0 amide bonds. The Morgan fingerprint density at radius 1 is 1.00 bits per heavy atom. The summed E-state index contributed by atoms with van der Waals surface area (Å²) in [6.45, 7) is 4.14. The third-order valence-electron chi connectivity index (χ3n) is 4.73. The summed E-state index contributed by atoms with van der Waals surface area (Å²) in [6.07, 6.45) is 4.02. The van der Waals surface area contributed by atoms with Crippen LogP contribution >= 0.6 is 0 Å². The quantitative estimate of drug-likeness (QED) is 0.649. The molecule has 0 unspecified atom stereocenters. The van der Waals surface area contributed by atoms with E-state index in [0.717, 1.165) is 35.0 Å². The number of methoxy groups -OCH3 is 1. The smallest absolute Gasteiger partial charge is 0.158 e. The number of aromatic nitrogens is 1. The van der Waals surface area contributed by atoms with Crippen LogP contribution in [0.5, 0.6) is 11.5 Å². The molecule has 3 aromatic rings. The van der Waals surface area contributed by atoms with Gasteiger partial charge in [0.2, 0.25) is 0 Å². The molecule has 0 saturated carbocycles. The number of anilines is 1. The van der Waals surface area contributed by atoms with Gasteiger partial charge in [-0.05, 0) is 37.3 Å². The molecular weight excluding hydrogens is 340 g/mol. The fourth-order valence-electron chi connectivity index (χ4n) is 3.52. The first kappa shape index (κ1) is 17.5. The lowest BCUT2D eigenvalue weighted by atomic mass is 10.2. The Morgan fingerprint density at radius 2 is 1.74 bits per heavy atom. The summed E-state index contributed by atoms with van der Waals surface area (Å²) in [4.78, 5) is 2.24. The lowest BCUT2D eigenvalue weighted by Crippen LogP contribution is -2.23. The Bertz CT molecular complexity index is 906. The standard InChI is InChI=1S/C22H24N2O3/c1-3-26-21-11-7-4-8-18(21)23-13-12-17(16-23)22-24(14-15-27-22)19-9-5-6-10-20(19)25-2/h4-13,16,22H,3,14-15H2,1-2H3/t22-/m0/s1. The molecule has 0 radical (unpaired) electrons. The maximum atomic E-state index is 6.06. The van der Waals surface area contributed by atoms with Crippen LogP contribution in [0.3, 0.4) is 0 Å². The van der Waals surface area contributed by atoms with E-state index in [1.165, 1.54) is 0 Å². The van der Waals surface area contributed by atoms with Crippen molar-refractivity contribution in [3.8, 4) is 17.2 Å². The van der Waals surface area contributed by atoms with Gasteiger partial charge in [0.15, 0.2) is 6.23 Å². The van der Waals surface area contributed by atoms with Crippen molar-refractivity contribution in [2.45, 2.75) is 13.2 Å². The molecule has 5 nitrogen and oxygen atoms in total.